The number of carbonyl (C=O) groups is 1. The molecule has 2 atom stereocenters. The van der Waals surface area contributed by atoms with Gasteiger partial charge < -0.3 is 4.74 Å². The molecule has 1 aliphatic rings. The quantitative estimate of drug-likeness (QED) is 0.667. The topological polar surface area (TPSA) is 93.8 Å². The monoisotopic (exact) mass is 319 g/mol. The van der Waals surface area contributed by atoms with E-state index in [4.69, 9.17) is 4.74 Å². The molecular weight excluding hydrogens is 298 g/mol. The Morgan fingerprint density at radius 3 is 2.65 bits per heavy atom. The molecule has 0 saturated heterocycles. The molecule has 0 aromatic heterocycles. The van der Waals surface area contributed by atoms with Gasteiger partial charge >= 0.3 is 5.69 Å². The predicted molar refractivity (Wildman–Crippen MR) is 86.3 cm³/mol. The van der Waals surface area contributed by atoms with Gasteiger partial charge in [0.15, 0.2) is 12.4 Å². The zero-order chi connectivity index (χ0) is 16.8. The summed E-state index contributed by atoms with van der Waals surface area (Å²) in [4.78, 5) is 22.2. The van der Waals surface area contributed by atoms with Gasteiger partial charge in [-0.15, -0.1) is 0 Å². The highest BCUT2D eigenvalue weighted by Crippen LogP contribution is 2.26. The van der Waals surface area contributed by atoms with Crippen LogP contribution < -0.4 is 10.2 Å². The lowest BCUT2D eigenvalue weighted by Crippen LogP contribution is -2.31. The molecule has 1 aromatic carbocycles. The molecule has 0 bridgehead atoms. The Hall–Kier alpha value is -2.44. The average molecular weight is 319 g/mol. The first-order chi connectivity index (χ1) is 11.0. The molecule has 0 aliphatic heterocycles. The fraction of sp³-hybridized carbons (Fsp3) is 0.500. The lowest BCUT2D eigenvalue weighted by molar-refractivity contribution is -0.385. The fourth-order valence-electron chi connectivity index (χ4n) is 2.76. The standard InChI is InChI=1S/C16H21N3O4/c1-11-6-5-7-12(2)16(11)18-17-15(20)10-23-14-9-4-3-8-13(14)19(21)22/h3-4,8-9,11-12H,5-7,10H2,1-2H3,(H,17,20)/t11-,12-/m1/s1. The van der Waals surface area contributed by atoms with Crippen molar-refractivity contribution in [1.29, 1.82) is 0 Å². The molecule has 124 valence electrons. The van der Waals surface area contributed by atoms with Crippen LogP contribution in [0.4, 0.5) is 5.69 Å². The summed E-state index contributed by atoms with van der Waals surface area (Å²) in [6, 6.07) is 5.95. The predicted octanol–water partition coefficient (Wildman–Crippen LogP) is 2.90. The van der Waals surface area contributed by atoms with E-state index in [-0.39, 0.29) is 18.0 Å². The van der Waals surface area contributed by atoms with Gasteiger partial charge in [-0.05, 0) is 30.7 Å². The Labute approximate surface area is 134 Å². The van der Waals surface area contributed by atoms with Crippen molar-refractivity contribution in [3.63, 3.8) is 0 Å². The van der Waals surface area contributed by atoms with Gasteiger partial charge in [-0.1, -0.05) is 32.4 Å². The number of hydrogen-bond acceptors (Lipinski definition) is 5. The molecule has 0 spiro atoms. The third-order valence-electron chi connectivity index (χ3n) is 4.01. The lowest BCUT2D eigenvalue weighted by atomic mass is 9.81. The summed E-state index contributed by atoms with van der Waals surface area (Å²) in [6.07, 6.45) is 3.33. The molecule has 1 aromatic rings. The van der Waals surface area contributed by atoms with Crippen molar-refractivity contribution in [3.05, 3.63) is 34.4 Å². The van der Waals surface area contributed by atoms with Gasteiger partial charge in [-0.3, -0.25) is 14.9 Å². The molecule has 2 rings (SSSR count). The largest absolute Gasteiger partial charge is 0.477 e. The Morgan fingerprint density at radius 2 is 2.00 bits per heavy atom. The van der Waals surface area contributed by atoms with E-state index >= 15 is 0 Å². The number of hydrogen-bond donors (Lipinski definition) is 1. The van der Waals surface area contributed by atoms with Gasteiger partial charge in [-0.25, -0.2) is 5.43 Å². The maximum Gasteiger partial charge on any atom is 0.310 e. The van der Waals surface area contributed by atoms with Crippen molar-refractivity contribution in [1.82, 2.24) is 5.43 Å². The first-order valence-electron chi connectivity index (χ1n) is 7.71. The second-order valence-electron chi connectivity index (χ2n) is 5.82. The van der Waals surface area contributed by atoms with Crippen LogP contribution in [0.15, 0.2) is 29.4 Å². The molecule has 23 heavy (non-hydrogen) atoms. The van der Waals surface area contributed by atoms with Gasteiger partial charge in [-0.2, -0.15) is 5.10 Å². The molecule has 7 heteroatoms. The SMILES string of the molecule is C[C@@H]1CCC[C@@H](C)C1=NNC(=O)COc1ccccc1[N+](=O)[O-]. The van der Waals surface area contributed by atoms with Crippen LogP contribution in [0.1, 0.15) is 33.1 Å². The first-order valence-corrected chi connectivity index (χ1v) is 7.71. The van der Waals surface area contributed by atoms with E-state index in [2.05, 4.69) is 24.4 Å². The van der Waals surface area contributed by atoms with Crippen molar-refractivity contribution in [2.45, 2.75) is 33.1 Å². The zero-order valence-electron chi connectivity index (χ0n) is 13.3. The highest BCUT2D eigenvalue weighted by Gasteiger charge is 2.23. The number of nitrogens with zero attached hydrogens (tertiary/aromatic N) is 2. The van der Waals surface area contributed by atoms with Gasteiger partial charge in [0, 0.05) is 11.8 Å². The number of carbonyl (C=O) groups excluding carboxylic acids is 1. The second kappa shape index (κ2) is 7.71. The number of para-hydroxylation sites is 2. The molecule has 0 heterocycles. The number of rotatable bonds is 5. The number of nitrogens with one attached hydrogen (secondary N) is 1. The highest BCUT2D eigenvalue weighted by molar-refractivity contribution is 5.90. The minimum atomic E-state index is -0.543. The summed E-state index contributed by atoms with van der Waals surface area (Å²) in [7, 11) is 0. The summed E-state index contributed by atoms with van der Waals surface area (Å²) >= 11 is 0. The number of nitro groups is 1. The molecule has 1 N–H and O–H groups in total. The van der Waals surface area contributed by atoms with Crippen LogP contribution in [0.25, 0.3) is 0 Å². The van der Waals surface area contributed by atoms with E-state index in [1.807, 2.05) is 0 Å². The second-order valence-corrected chi connectivity index (χ2v) is 5.82. The number of amides is 1. The van der Waals surface area contributed by atoms with Crippen molar-refractivity contribution in [2.24, 2.45) is 16.9 Å². The van der Waals surface area contributed by atoms with Gasteiger partial charge in [0.25, 0.3) is 5.91 Å². The molecule has 1 aliphatic carbocycles. The Bertz CT molecular complexity index is 603. The van der Waals surface area contributed by atoms with Gasteiger partial charge in [0.2, 0.25) is 0 Å². The molecule has 0 unspecified atom stereocenters. The van der Waals surface area contributed by atoms with Crippen molar-refractivity contribution in [3.8, 4) is 5.75 Å². The van der Waals surface area contributed by atoms with Crippen LogP contribution in [0, 0.1) is 22.0 Å². The number of ether oxygens (including phenoxy) is 1. The van der Waals surface area contributed by atoms with E-state index in [1.165, 1.54) is 18.6 Å². The smallest absolute Gasteiger partial charge is 0.310 e. The van der Waals surface area contributed by atoms with Crippen molar-refractivity contribution in [2.75, 3.05) is 6.61 Å². The lowest BCUT2D eigenvalue weighted by Gasteiger charge is -2.26. The van der Waals surface area contributed by atoms with Crippen LogP contribution in [0.2, 0.25) is 0 Å². The third kappa shape index (κ3) is 4.51. The van der Waals surface area contributed by atoms with E-state index in [1.54, 1.807) is 12.1 Å². The number of nitro benzene ring substituents is 1. The molecule has 0 radical (unpaired) electrons. The van der Waals surface area contributed by atoms with Crippen LogP contribution in [-0.4, -0.2) is 23.1 Å². The molecule has 1 saturated carbocycles. The van der Waals surface area contributed by atoms with Gasteiger partial charge in [0.05, 0.1) is 4.92 Å². The average Bonchev–Trinajstić information content (AvgIpc) is 2.52. The summed E-state index contributed by atoms with van der Waals surface area (Å²) in [5.74, 6) is 0.352. The Morgan fingerprint density at radius 1 is 1.35 bits per heavy atom. The number of hydrazone groups is 1. The maximum atomic E-state index is 11.8. The third-order valence-corrected chi connectivity index (χ3v) is 4.01. The number of benzene rings is 1. The molecule has 1 amide bonds. The molecular formula is C16H21N3O4. The summed E-state index contributed by atoms with van der Waals surface area (Å²) in [5, 5.41) is 15.1. The van der Waals surface area contributed by atoms with E-state index < -0.39 is 10.8 Å². The van der Waals surface area contributed by atoms with Crippen LogP contribution >= 0.6 is 0 Å². The fourth-order valence-corrected chi connectivity index (χ4v) is 2.76. The normalized spacial score (nSPS) is 20.7. The minimum absolute atomic E-state index is 0.0692. The van der Waals surface area contributed by atoms with E-state index in [0.29, 0.717) is 11.8 Å². The zero-order valence-corrected chi connectivity index (χ0v) is 13.3. The minimum Gasteiger partial charge on any atom is -0.477 e. The van der Waals surface area contributed by atoms with Crippen molar-refractivity contribution < 1.29 is 14.5 Å². The van der Waals surface area contributed by atoms with Gasteiger partial charge in [0.1, 0.15) is 0 Å². The van der Waals surface area contributed by atoms with E-state index in [9.17, 15) is 14.9 Å². The van der Waals surface area contributed by atoms with Crippen LogP contribution in [-0.2, 0) is 4.79 Å². The summed E-state index contributed by atoms with van der Waals surface area (Å²) in [6.45, 7) is 3.89. The first kappa shape index (κ1) is 16.9. The summed E-state index contributed by atoms with van der Waals surface area (Å²) < 4.78 is 5.23. The van der Waals surface area contributed by atoms with Crippen LogP contribution in [0.3, 0.4) is 0 Å². The van der Waals surface area contributed by atoms with E-state index in [0.717, 1.165) is 18.6 Å². The maximum absolute atomic E-state index is 11.8. The highest BCUT2D eigenvalue weighted by atomic mass is 16.6. The van der Waals surface area contributed by atoms with Crippen LogP contribution in [0.5, 0.6) is 5.75 Å². The Kier molecular flexibility index (Phi) is 5.67. The summed E-state index contributed by atoms with van der Waals surface area (Å²) in [5.41, 5.74) is 3.32. The van der Waals surface area contributed by atoms with Crippen molar-refractivity contribution >= 4 is 17.3 Å². The molecule has 7 nitrogen and oxygen atoms in total. The Balaban J connectivity index is 1.92. The molecule has 1 fully saturated rings.